The quantitative estimate of drug-likeness (QED) is 0.728. The van der Waals surface area contributed by atoms with Gasteiger partial charge in [0.1, 0.15) is 0 Å². The number of nitrogens with one attached hydrogen (secondary N) is 1. The van der Waals surface area contributed by atoms with E-state index >= 15 is 0 Å². The summed E-state index contributed by atoms with van der Waals surface area (Å²) in [7, 11) is 1.91. The fourth-order valence-corrected chi connectivity index (χ4v) is 1.82. The lowest BCUT2D eigenvalue weighted by Gasteiger charge is -2.27. The molecule has 1 aliphatic carbocycles. The lowest BCUT2D eigenvalue weighted by atomic mass is 9.99. The SMILES string of the molecule is CCCC(C)(C)NCC(=O)N(C)C1CC1. The Bertz CT molecular complexity index is 222. The summed E-state index contributed by atoms with van der Waals surface area (Å²) in [5.74, 6) is 0.224. The average molecular weight is 212 g/mol. The van der Waals surface area contributed by atoms with Crippen molar-refractivity contribution in [3.63, 3.8) is 0 Å². The standard InChI is InChI=1S/C12H24N2O/c1-5-8-12(2,3)13-9-11(15)14(4)10-6-7-10/h10,13H,5-9H2,1-4H3. The Labute approximate surface area is 93.2 Å². The molecule has 1 amide bonds. The molecule has 0 aliphatic heterocycles. The van der Waals surface area contributed by atoms with E-state index in [9.17, 15) is 4.79 Å². The molecule has 3 heteroatoms. The number of carbonyl (C=O) groups excluding carboxylic acids is 1. The second-order valence-corrected chi connectivity index (χ2v) is 5.22. The molecule has 0 aromatic heterocycles. The van der Waals surface area contributed by atoms with Gasteiger partial charge in [-0.05, 0) is 33.1 Å². The van der Waals surface area contributed by atoms with Crippen LogP contribution in [0.15, 0.2) is 0 Å². The van der Waals surface area contributed by atoms with Crippen LogP contribution in [0.3, 0.4) is 0 Å². The summed E-state index contributed by atoms with van der Waals surface area (Å²) < 4.78 is 0. The van der Waals surface area contributed by atoms with Gasteiger partial charge >= 0.3 is 0 Å². The van der Waals surface area contributed by atoms with Gasteiger partial charge in [0.05, 0.1) is 6.54 Å². The molecule has 0 saturated heterocycles. The first-order chi connectivity index (χ1) is 6.96. The first kappa shape index (κ1) is 12.5. The van der Waals surface area contributed by atoms with E-state index in [1.807, 2.05) is 11.9 Å². The summed E-state index contributed by atoms with van der Waals surface area (Å²) in [6, 6.07) is 0.522. The second kappa shape index (κ2) is 4.97. The highest BCUT2D eigenvalue weighted by Gasteiger charge is 2.29. The van der Waals surface area contributed by atoms with Gasteiger partial charge in [-0.25, -0.2) is 0 Å². The van der Waals surface area contributed by atoms with E-state index in [0.29, 0.717) is 12.6 Å². The summed E-state index contributed by atoms with van der Waals surface area (Å²) in [6.45, 7) is 6.95. The second-order valence-electron chi connectivity index (χ2n) is 5.22. The molecule has 1 aliphatic rings. The van der Waals surface area contributed by atoms with Crippen LogP contribution in [-0.4, -0.2) is 36.0 Å². The van der Waals surface area contributed by atoms with Gasteiger partial charge in [0.15, 0.2) is 0 Å². The van der Waals surface area contributed by atoms with Gasteiger partial charge in [-0.2, -0.15) is 0 Å². The Morgan fingerprint density at radius 2 is 2.07 bits per heavy atom. The van der Waals surface area contributed by atoms with E-state index in [1.54, 1.807) is 0 Å². The van der Waals surface area contributed by atoms with Gasteiger partial charge < -0.3 is 10.2 Å². The largest absolute Gasteiger partial charge is 0.342 e. The van der Waals surface area contributed by atoms with Crippen molar-refractivity contribution in [2.75, 3.05) is 13.6 Å². The number of likely N-dealkylation sites (N-methyl/N-ethyl adjacent to an activating group) is 1. The summed E-state index contributed by atoms with van der Waals surface area (Å²) in [4.78, 5) is 13.6. The molecule has 15 heavy (non-hydrogen) atoms. The van der Waals surface area contributed by atoms with Crippen molar-refractivity contribution in [1.82, 2.24) is 10.2 Å². The Balaban J connectivity index is 2.26. The van der Waals surface area contributed by atoms with Crippen LogP contribution in [-0.2, 0) is 4.79 Å². The molecule has 0 bridgehead atoms. The number of rotatable bonds is 6. The van der Waals surface area contributed by atoms with Crippen LogP contribution < -0.4 is 5.32 Å². The van der Waals surface area contributed by atoms with Crippen LogP contribution in [0, 0.1) is 0 Å². The molecule has 0 radical (unpaired) electrons. The fourth-order valence-electron chi connectivity index (χ4n) is 1.82. The Morgan fingerprint density at radius 3 is 2.53 bits per heavy atom. The molecule has 1 N–H and O–H groups in total. The highest BCUT2D eigenvalue weighted by molar-refractivity contribution is 5.78. The van der Waals surface area contributed by atoms with Crippen molar-refractivity contribution in [2.45, 2.75) is 58.0 Å². The van der Waals surface area contributed by atoms with Crippen LogP contribution in [0.4, 0.5) is 0 Å². The number of nitrogens with zero attached hydrogens (tertiary/aromatic N) is 1. The number of carbonyl (C=O) groups is 1. The molecule has 0 heterocycles. The normalized spacial score (nSPS) is 16.5. The summed E-state index contributed by atoms with van der Waals surface area (Å²) in [5.41, 5.74) is 0.0782. The smallest absolute Gasteiger partial charge is 0.236 e. The molecule has 0 spiro atoms. The zero-order valence-corrected chi connectivity index (χ0v) is 10.5. The molecule has 0 atom stereocenters. The Morgan fingerprint density at radius 1 is 1.47 bits per heavy atom. The van der Waals surface area contributed by atoms with Crippen LogP contribution in [0.25, 0.3) is 0 Å². The molecule has 1 saturated carbocycles. The summed E-state index contributed by atoms with van der Waals surface area (Å²) in [6.07, 6.45) is 4.61. The average Bonchev–Trinajstić information content (AvgIpc) is 2.96. The van der Waals surface area contributed by atoms with Gasteiger partial charge in [-0.3, -0.25) is 4.79 Å². The maximum atomic E-state index is 11.7. The predicted octanol–water partition coefficient (Wildman–Crippen LogP) is 1.78. The lowest BCUT2D eigenvalue weighted by molar-refractivity contribution is -0.129. The maximum Gasteiger partial charge on any atom is 0.236 e. The predicted molar refractivity (Wildman–Crippen MR) is 62.8 cm³/mol. The fraction of sp³-hybridized carbons (Fsp3) is 0.917. The van der Waals surface area contributed by atoms with E-state index in [0.717, 1.165) is 12.8 Å². The minimum atomic E-state index is 0.0782. The van der Waals surface area contributed by atoms with Gasteiger partial charge in [0.2, 0.25) is 5.91 Å². The van der Waals surface area contributed by atoms with Gasteiger partial charge in [-0.15, -0.1) is 0 Å². The highest BCUT2D eigenvalue weighted by atomic mass is 16.2. The van der Waals surface area contributed by atoms with Crippen LogP contribution in [0.1, 0.15) is 46.5 Å². The van der Waals surface area contributed by atoms with E-state index in [4.69, 9.17) is 0 Å². The molecule has 88 valence electrons. The number of hydrogen-bond donors (Lipinski definition) is 1. The monoisotopic (exact) mass is 212 g/mol. The molecular weight excluding hydrogens is 188 g/mol. The molecule has 1 fully saturated rings. The Kier molecular flexibility index (Phi) is 4.14. The van der Waals surface area contributed by atoms with Crippen molar-refractivity contribution in [1.29, 1.82) is 0 Å². The third kappa shape index (κ3) is 4.20. The zero-order chi connectivity index (χ0) is 11.5. The van der Waals surface area contributed by atoms with Crippen LogP contribution in [0.5, 0.6) is 0 Å². The molecule has 0 aromatic carbocycles. The molecular formula is C12H24N2O. The molecule has 3 nitrogen and oxygen atoms in total. The third-order valence-electron chi connectivity index (χ3n) is 3.08. The first-order valence-electron chi connectivity index (χ1n) is 5.97. The molecule has 1 rings (SSSR count). The molecule has 0 unspecified atom stereocenters. The lowest BCUT2D eigenvalue weighted by Crippen LogP contribution is -2.46. The Hall–Kier alpha value is -0.570. The zero-order valence-electron chi connectivity index (χ0n) is 10.5. The number of hydrogen-bond acceptors (Lipinski definition) is 2. The van der Waals surface area contributed by atoms with Crippen molar-refractivity contribution in [3.8, 4) is 0 Å². The van der Waals surface area contributed by atoms with Crippen molar-refractivity contribution in [3.05, 3.63) is 0 Å². The third-order valence-corrected chi connectivity index (χ3v) is 3.08. The minimum Gasteiger partial charge on any atom is -0.342 e. The van der Waals surface area contributed by atoms with Crippen LogP contribution >= 0.6 is 0 Å². The van der Waals surface area contributed by atoms with E-state index in [1.165, 1.54) is 12.8 Å². The summed E-state index contributed by atoms with van der Waals surface area (Å²) >= 11 is 0. The minimum absolute atomic E-state index is 0.0782. The maximum absolute atomic E-state index is 11.7. The number of amides is 1. The summed E-state index contributed by atoms with van der Waals surface area (Å²) in [5, 5.41) is 3.33. The van der Waals surface area contributed by atoms with E-state index in [2.05, 4.69) is 26.1 Å². The van der Waals surface area contributed by atoms with Crippen LogP contribution in [0.2, 0.25) is 0 Å². The van der Waals surface area contributed by atoms with E-state index < -0.39 is 0 Å². The highest BCUT2D eigenvalue weighted by Crippen LogP contribution is 2.25. The van der Waals surface area contributed by atoms with Gasteiger partial charge in [0.25, 0.3) is 0 Å². The van der Waals surface area contributed by atoms with Crippen molar-refractivity contribution in [2.24, 2.45) is 0 Å². The molecule has 0 aromatic rings. The van der Waals surface area contributed by atoms with Crippen molar-refractivity contribution < 1.29 is 4.79 Å². The van der Waals surface area contributed by atoms with E-state index in [-0.39, 0.29) is 11.4 Å². The van der Waals surface area contributed by atoms with Crippen molar-refractivity contribution >= 4 is 5.91 Å². The van der Waals surface area contributed by atoms with Gasteiger partial charge in [0, 0.05) is 18.6 Å². The van der Waals surface area contributed by atoms with Gasteiger partial charge in [-0.1, -0.05) is 13.3 Å². The first-order valence-corrected chi connectivity index (χ1v) is 5.97. The topological polar surface area (TPSA) is 32.3 Å².